The van der Waals surface area contributed by atoms with Crippen LogP contribution in [0.4, 0.5) is 0 Å². The highest BCUT2D eigenvalue weighted by Crippen LogP contribution is 2.50. The van der Waals surface area contributed by atoms with E-state index >= 15 is 0 Å². The summed E-state index contributed by atoms with van der Waals surface area (Å²) in [4.78, 5) is 14.4. The van der Waals surface area contributed by atoms with E-state index in [1.807, 2.05) is 6.07 Å². The molecule has 0 unspecified atom stereocenters. The van der Waals surface area contributed by atoms with E-state index in [4.69, 9.17) is 11.6 Å². The van der Waals surface area contributed by atoms with Crippen LogP contribution >= 0.6 is 11.6 Å². The Morgan fingerprint density at radius 3 is 2.81 bits per heavy atom. The molecule has 3 heteroatoms. The Hall–Kier alpha value is -1.11. The van der Waals surface area contributed by atoms with Crippen molar-refractivity contribution in [2.45, 2.75) is 37.6 Å². The van der Waals surface area contributed by atoms with Crippen LogP contribution in [0.2, 0.25) is 5.02 Å². The van der Waals surface area contributed by atoms with Crippen molar-refractivity contribution in [2.24, 2.45) is 4.99 Å². The summed E-state index contributed by atoms with van der Waals surface area (Å²) in [5.41, 5.74) is 3.44. The third-order valence-electron chi connectivity index (χ3n) is 3.68. The molecule has 0 saturated heterocycles. The minimum absolute atomic E-state index is 0.289. The molecule has 0 aromatic heterocycles. The van der Waals surface area contributed by atoms with Crippen molar-refractivity contribution < 1.29 is 4.79 Å². The van der Waals surface area contributed by atoms with Crippen molar-refractivity contribution in [2.75, 3.05) is 0 Å². The topological polar surface area (TPSA) is 29.4 Å². The molecule has 0 heterocycles. The summed E-state index contributed by atoms with van der Waals surface area (Å²) in [5.74, 6) is 0. The lowest BCUT2D eigenvalue weighted by Gasteiger charge is -2.12. The van der Waals surface area contributed by atoms with Crippen molar-refractivity contribution >= 4 is 17.7 Å². The molecule has 2 aliphatic carbocycles. The van der Waals surface area contributed by atoms with E-state index in [-0.39, 0.29) is 5.54 Å². The quantitative estimate of drug-likeness (QED) is 0.570. The minimum atomic E-state index is -0.289. The predicted octanol–water partition coefficient (Wildman–Crippen LogP) is 3.15. The Labute approximate surface area is 99.3 Å². The highest BCUT2D eigenvalue weighted by atomic mass is 35.5. The van der Waals surface area contributed by atoms with Gasteiger partial charge in [0.15, 0.2) is 0 Å². The molecule has 1 aromatic rings. The molecule has 82 valence electrons. The van der Waals surface area contributed by atoms with Gasteiger partial charge in [0.1, 0.15) is 0 Å². The second-order valence-electron chi connectivity index (χ2n) is 4.68. The molecule has 0 N–H and O–H groups in total. The fourth-order valence-electron chi connectivity index (χ4n) is 2.59. The fourth-order valence-corrected chi connectivity index (χ4v) is 2.93. The van der Waals surface area contributed by atoms with Gasteiger partial charge in [0.05, 0.1) is 5.54 Å². The van der Waals surface area contributed by atoms with Gasteiger partial charge in [0.2, 0.25) is 6.08 Å². The number of isocyanates is 1. The van der Waals surface area contributed by atoms with Crippen LogP contribution in [0.25, 0.3) is 0 Å². The van der Waals surface area contributed by atoms with Gasteiger partial charge in [-0.1, -0.05) is 17.7 Å². The first kappa shape index (κ1) is 10.1. The first-order valence-electron chi connectivity index (χ1n) is 5.66. The van der Waals surface area contributed by atoms with Gasteiger partial charge in [-0.05, 0) is 54.9 Å². The third-order valence-corrected chi connectivity index (χ3v) is 4.02. The van der Waals surface area contributed by atoms with Crippen LogP contribution < -0.4 is 0 Å². The highest BCUT2D eigenvalue weighted by Gasteiger charge is 2.45. The maximum Gasteiger partial charge on any atom is 0.235 e. The number of benzene rings is 1. The molecule has 0 radical (unpaired) electrons. The summed E-state index contributed by atoms with van der Waals surface area (Å²) in [6, 6.07) is 4.17. The molecular weight excluding hydrogens is 222 g/mol. The Kier molecular flexibility index (Phi) is 2.17. The molecule has 0 spiro atoms. The molecule has 1 saturated carbocycles. The first-order valence-corrected chi connectivity index (χ1v) is 6.04. The molecule has 16 heavy (non-hydrogen) atoms. The Morgan fingerprint density at radius 2 is 2.12 bits per heavy atom. The molecule has 0 aliphatic heterocycles. The number of hydrogen-bond acceptors (Lipinski definition) is 2. The van der Waals surface area contributed by atoms with Crippen molar-refractivity contribution in [1.29, 1.82) is 0 Å². The maximum absolute atomic E-state index is 10.4. The number of hydrogen-bond donors (Lipinski definition) is 0. The van der Waals surface area contributed by atoms with Crippen LogP contribution in [-0.4, -0.2) is 6.08 Å². The van der Waals surface area contributed by atoms with Crippen molar-refractivity contribution in [3.63, 3.8) is 0 Å². The molecule has 1 aromatic carbocycles. The molecule has 0 atom stereocenters. The van der Waals surface area contributed by atoms with Gasteiger partial charge in [-0.3, -0.25) is 0 Å². The molecule has 3 rings (SSSR count). The van der Waals surface area contributed by atoms with E-state index in [1.54, 1.807) is 6.08 Å². The second kappa shape index (κ2) is 3.44. The number of carbonyl (C=O) groups excluding carboxylic acids is 1. The third kappa shape index (κ3) is 1.41. The monoisotopic (exact) mass is 233 g/mol. The minimum Gasteiger partial charge on any atom is -0.211 e. The number of rotatable bonds is 2. The highest BCUT2D eigenvalue weighted by molar-refractivity contribution is 6.31. The van der Waals surface area contributed by atoms with Gasteiger partial charge < -0.3 is 0 Å². The number of aliphatic imine (C=N–C) groups is 1. The summed E-state index contributed by atoms with van der Waals surface area (Å²) >= 11 is 6.27. The standard InChI is InChI=1S/C13H12ClNO/c14-12-7-10(13(4-5-13)15-8-16)6-9-2-1-3-11(9)12/h6-7H,1-5H2. The van der Waals surface area contributed by atoms with Crippen molar-refractivity contribution in [3.05, 3.63) is 33.8 Å². The molecular formula is C13H12ClNO. The summed E-state index contributed by atoms with van der Waals surface area (Å²) < 4.78 is 0. The van der Waals surface area contributed by atoms with Gasteiger partial charge in [-0.2, -0.15) is 4.99 Å². The zero-order valence-electron chi connectivity index (χ0n) is 8.92. The normalized spacial score (nSPS) is 20.1. The Balaban J connectivity index is 2.10. The van der Waals surface area contributed by atoms with Gasteiger partial charge in [0.25, 0.3) is 0 Å². The molecule has 0 amide bonds. The van der Waals surface area contributed by atoms with E-state index < -0.39 is 0 Å². The smallest absolute Gasteiger partial charge is 0.211 e. The lowest BCUT2D eigenvalue weighted by Crippen LogP contribution is -2.03. The van der Waals surface area contributed by atoms with Crippen LogP contribution in [-0.2, 0) is 23.2 Å². The van der Waals surface area contributed by atoms with Gasteiger partial charge >= 0.3 is 0 Å². The zero-order chi connectivity index (χ0) is 11.2. The number of nitrogens with zero attached hydrogens (tertiary/aromatic N) is 1. The van der Waals surface area contributed by atoms with Crippen molar-refractivity contribution in [3.8, 4) is 0 Å². The molecule has 1 fully saturated rings. The van der Waals surface area contributed by atoms with Crippen LogP contribution in [0.3, 0.4) is 0 Å². The molecule has 2 aliphatic rings. The van der Waals surface area contributed by atoms with E-state index in [2.05, 4.69) is 11.1 Å². The molecule has 0 bridgehead atoms. The fraction of sp³-hybridized carbons (Fsp3) is 0.462. The average molecular weight is 234 g/mol. The largest absolute Gasteiger partial charge is 0.235 e. The predicted molar refractivity (Wildman–Crippen MR) is 62.5 cm³/mol. The Morgan fingerprint density at radius 1 is 1.31 bits per heavy atom. The number of aryl methyl sites for hydroxylation is 1. The van der Waals surface area contributed by atoms with Gasteiger partial charge in [-0.15, -0.1) is 0 Å². The summed E-state index contributed by atoms with van der Waals surface area (Å²) in [6.07, 6.45) is 6.94. The summed E-state index contributed by atoms with van der Waals surface area (Å²) in [7, 11) is 0. The second-order valence-corrected chi connectivity index (χ2v) is 5.09. The number of halogens is 1. The van der Waals surface area contributed by atoms with Crippen LogP contribution in [0.1, 0.15) is 36.0 Å². The van der Waals surface area contributed by atoms with Gasteiger partial charge in [-0.25, -0.2) is 4.79 Å². The molecule has 2 nitrogen and oxygen atoms in total. The summed E-state index contributed by atoms with van der Waals surface area (Å²) in [5, 5.41) is 0.845. The maximum atomic E-state index is 10.4. The average Bonchev–Trinajstić information content (AvgIpc) is 2.89. The van der Waals surface area contributed by atoms with Gasteiger partial charge in [0, 0.05) is 5.02 Å². The van der Waals surface area contributed by atoms with E-state index in [9.17, 15) is 4.79 Å². The lowest BCUT2D eigenvalue weighted by molar-refractivity contribution is 0.556. The van der Waals surface area contributed by atoms with E-state index in [0.717, 1.165) is 36.3 Å². The van der Waals surface area contributed by atoms with E-state index in [0.29, 0.717) is 0 Å². The van der Waals surface area contributed by atoms with Crippen LogP contribution in [0.5, 0.6) is 0 Å². The number of fused-ring (bicyclic) bond motifs is 1. The van der Waals surface area contributed by atoms with Crippen LogP contribution in [0, 0.1) is 0 Å². The van der Waals surface area contributed by atoms with Crippen molar-refractivity contribution in [1.82, 2.24) is 0 Å². The Bertz CT molecular complexity index is 499. The zero-order valence-corrected chi connectivity index (χ0v) is 9.68. The first-order chi connectivity index (χ1) is 7.75. The van der Waals surface area contributed by atoms with Crippen LogP contribution in [0.15, 0.2) is 17.1 Å². The van der Waals surface area contributed by atoms with E-state index in [1.165, 1.54) is 17.5 Å². The SMILES string of the molecule is O=C=NC1(c2cc(Cl)c3c(c2)CCC3)CC1. The summed E-state index contributed by atoms with van der Waals surface area (Å²) in [6.45, 7) is 0. The lowest BCUT2D eigenvalue weighted by atomic mass is 10.00.